The number of phosphoric ester groups is 1. The highest BCUT2D eigenvalue weighted by Crippen LogP contribution is 2.42. The molecule has 5 nitrogen and oxygen atoms in total. The maximum Gasteiger partial charge on any atom is 0.499 e. The Morgan fingerprint density at radius 2 is 1.93 bits per heavy atom. The Balaban J connectivity index is 0. The first kappa shape index (κ1) is 16.2. The van der Waals surface area contributed by atoms with Crippen LogP contribution in [0.25, 0.3) is 0 Å². The number of hydrogen-bond acceptors (Lipinski definition) is 4. The molecule has 0 saturated carbocycles. The molecule has 14 heavy (non-hydrogen) atoms. The van der Waals surface area contributed by atoms with Crippen molar-refractivity contribution in [3.05, 3.63) is 12.2 Å². The number of hydrogen-bond donors (Lipinski definition) is 1. The SMILES string of the molecule is C=C(C)C.CCCOP(=O)(O)OOC. The highest BCUT2D eigenvalue weighted by molar-refractivity contribution is 7.47. The Bertz CT molecular complexity index is 188. The second-order valence-electron chi connectivity index (χ2n) is 2.75. The zero-order valence-corrected chi connectivity index (χ0v) is 10.0. The van der Waals surface area contributed by atoms with Crippen LogP contribution in [-0.2, 0) is 18.7 Å². The molecule has 0 saturated heterocycles. The standard InChI is InChI=1S/C4H11O5P.C4H8/c1-3-4-8-10(5,6)9-7-2;1-4(2)3/h3-4H2,1-2H3,(H,5,6);1H2,2-3H3. The minimum atomic E-state index is -3.93. The molecule has 0 heterocycles. The first-order valence-corrected chi connectivity index (χ1v) is 5.67. The van der Waals surface area contributed by atoms with Gasteiger partial charge in [-0.2, -0.15) is 0 Å². The van der Waals surface area contributed by atoms with Crippen molar-refractivity contribution in [2.75, 3.05) is 13.7 Å². The van der Waals surface area contributed by atoms with Crippen LogP contribution in [0.5, 0.6) is 0 Å². The molecule has 0 aromatic heterocycles. The van der Waals surface area contributed by atoms with E-state index in [-0.39, 0.29) is 6.61 Å². The van der Waals surface area contributed by atoms with Gasteiger partial charge in [-0.3, -0.25) is 4.52 Å². The Hall–Kier alpha value is -0.190. The summed E-state index contributed by atoms with van der Waals surface area (Å²) in [4.78, 5) is 12.6. The minimum absolute atomic E-state index is 0.178. The molecule has 0 aliphatic carbocycles. The summed E-state index contributed by atoms with van der Waals surface area (Å²) in [6.45, 7) is 9.49. The van der Waals surface area contributed by atoms with E-state index in [0.717, 1.165) is 7.11 Å². The van der Waals surface area contributed by atoms with E-state index >= 15 is 0 Å². The van der Waals surface area contributed by atoms with E-state index in [9.17, 15) is 4.57 Å². The monoisotopic (exact) mass is 226 g/mol. The van der Waals surface area contributed by atoms with E-state index in [2.05, 4.69) is 20.7 Å². The van der Waals surface area contributed by atoms with Crippen molar-refractivity contribution in [2.24, 2.45) is 0 Å². The zero-order chi connectivity index (χ0) is 11.6. The first-order valence-electron chi connectivity index (χ1n) is 4.17. The van der Waals surface area contributed by atoms with Gasteiger partial charge in [-0.15, -0.1) is 11.3 Å². The maximum absolute atomic E-state index is 10.6. The summed E-state index contributed by atoms with van der Waals surface area (Å²) >= 11 is 0. The lowest BCUT2D eigenvalue weighted by atomic mass is 10.4. The van der Waals surface area contributed by atoms with E-state index in [1.54, 1.807) is 0 Å². The molecule has 86 valence electrons. The molecule has 0 aromatic carbocycles. The van der Waals surface area contributed by atoms with Gasteiger partial charge in [0.15, 0.2) is 0 Å². The summed E-state index contributed by atoms with van der Waals surface area (Å²) in [5.74, 6) is 0. The third-order valence-electron chi connectivity index (χ3n) is 0.627. The molecular formula is C8H19O5P. The van der Waals surface area contributed by atoms with E-state index in [4.69, 9.17) is 4.89 Å². The van der Waals surface area contributed by atoms with Gasteiger partial charge < -0.3 is 4.89 Å². The van der Waals surface area contributed by atoms with Crippen LogP contribution in [-0.4, -0.2) is 18.6 Å². The fourth-order valence-corrected chi connectivity index (χ4v) is 0.967. The largest absolute Gasteiger partial charge is 0.499 e. The lowest BCUT2D eigenvalue weighted by Gasteiger charge is -2.07. The highest BCUT2D eigenvalue weighted by Gasteiger charge is 2.20. The van der Waals surface area contributed by atoms with Crippen LogP contribution in [0.2, 0.25) is 0 Å². The molecule has 0 radical (unpaired) electrons. The lowest BCUT2D eigenvalue weighted by molar-refractivity contribution is -0.198. The van der Waals surface area contributed by atoms with Crippen molar-refractivity contribution in [3.8, 4) is 0 Å². The topological polar surface area (TPSA) is 65.0 Å². The van der Waals surface area contributed by atoms with Crippen molar-refractivity contribution in [1.29, 1.82) is 0 Å². The van der Waals surface area contributed by atoms with Gasteiger partial charge in [0.1, 0.15) is 0 Å². The molecule has 6 heteroatoms. The number of allylic oxidation sites excluding steroid dienone is 1. The van der Waals surface area contributed by atoms with Crippen LogP contribution in [0.15, 0.2) is 12.2 Å². The smallest absolute Gasteiger partial charge is 0.301 e. The fraction of sp³-hybridized carbons (Fsp3) is 0.750. The molecule has 0 fully saturated rings. The Kier molecular flexibility index (Phi) is 10.9. The molecular weight excluding hydrogens is 207 g/mol. The summed E-state index contributed by atoms with van der Waals surface area (Å²) in [7, 11) is -2.79. The molecule has 0 aliphatic heterocycles. The Labute approximate surface area is 85.2 Å². The average molecular weight is 226 g/mol. The van der Waals surface area contributed by atoms with Crippen LogP contribution >= 0.6 is 7.82 Å². The van der Waals surface area contributed by atoms with E-state index < -0.39 is 7.82 Å². The van der Waals surface area contributed by atoms with Gasteiger partial charge in [-0.05, 0) is 20.3 Å². The predicted octanol–water partition coefficient (Wildman–Crippen LogP) is 2.67. The third-order valence-corrected chi connectivity index (χ3v) is 1.47. The zero-order valence-electron chi connectivity index (χ0n) is 9.15. The van der Waals surface area contributed by atoms with Crippen molar-refractivity contribution in [1.82, 2.24) is 0 Å². The van der Waals surface area contributed by atoms with Gasteiger partial charge in [-0.1, -0.05) is 12.5 Å². The van der Waals surface area contributed by atoms with Gasteiger partial charge in [0.2, 0.25) is 0 Å². The van der Waals surface area contributed by atoms with Gasteiger partial charge in [0, 0.05) is 0 Å². The highest BCUT2D eigenvalue weighted by atomic mass is 31.2. The fourth-order valence-electron chi connectivity index (χ4n) is 0.322. The molecule has 0 bridgehead atoms. The Morgan fingerprint density at radius 1 is 1.50 bits per heavy atom. The van der Waals surface area contributed by atoms with Crippen LogP contribution in [0, 0.1) is 0 Å². The molecule has 0 rings (SSSR count). The summed E-state index contributed by atoms with van der Waals surface area (Å²) in [6, 6.07) is 0. The van der Waals surface area contributed by atoms with Gasteiger partial charge in [0.25, 0.3) is 0 Å². The molecule has 0 aromatic rings. The van der Waals surface area contributed by atoms with Crippen molar-refractivity contribution in [2.45, 2.75) is 27.2 Å². The minimum Gasteiger partial charge on any atom is -0.301 e. The van der Waals surface area contributed by atoms with Crippen LogP contribution in [0.4, 0.5) is 0 Å². The summed E-state index contributed by atoms with van der Waals surface area (Å²) in [5.41, 5.74) is 1.17. The normalized spacial score (nSPS) is 13.8. The number of phosphoric acid groups is 1. The Morgan fingerprint density at radius 3 is 2.21 bits per heavy atom. The molecule has 0 aliphatic rings. The van der Waals surface area contributed by atoms with Crippen LogP contribution in [0.1, 0.15) is 27.2 Å². The quantitative estimate of drug-likeness (QED) is 0.338. The van der Waals surface area contributed by atoms with Gasteiger partial charge in [0.05, 0.1) is 13.7 Å². The first-order chi connectivity index (χ1) is 6.35. The average Bonchev–Trinajstić information content (AvgIpc) is 2.00. The maximum atomic E-state index is 10.6. The predicted molar refractivity (Wildman–Crippen MR) is 54.7 cm³/mol. The van der Waals surface area contributed by atoms with Crippen LogP contribution in [0.3, 0.4) is 0 Å². The van der Waals surface area contributed by atoms with E-state index in [0.29, 0.717) is 6.42 Å². The van der Waals surface area contributed by atoms with Crippen molar-refractivity contribution < 1.29 is 23.5 Å². The second kappa shape index (κ2) is 9.37. The van der Waals surface area contributed by atoms with Crippen molar-refractivity contribution in [3.63, 3.8) is 0 Å². The molecule has 1 atom stereocenters. The summed E-state index contributed by atoms with van der Waals surface area (Å²) in [6.07, 6.45) is 0.650. The second-order valence-corrected chi connectivity index (χ2v) is 4.09. The van der Waals surface area contributed by atoms with Crippen molar-refractivity contribution >= 4 is 7.82 Å². The third kappa shape index (κ3) is 17.8. The molecule has 0 spiro atoms. The summed E-state index contributed by atoms with van der Waals surface area (Å²) < 4.78 is 18.9. The molecule has 0 amide bonds. The molecule has 1 unspecified atom stereocenters. The van der Waals surface area contributed by atoms with Gasteiger partial charge >= 0.3 is 7.82 Å². The number of rotatable bonds is 5. The molecule has 1 N–H and O–H groups in total. The van der Waals surface area contributed by atoms with Crippen LogP contribution < -0.4 is 0 Å². The van der Waals surface area contributed by atoms with E-state index in [1.807, 2.05) is 20.8 Å². The van der Waals surface area contributed by atoms with Gasteiger partial charge in [-0.25, -0.2) is 9.45 Å². The van der Waals surface area contributed by atoms with E-state index in [1.165, 1.54) is 5.57 Å². The lowest BCUT2D eigenvalue weighted by Crippen LogP contribution is -1.94. The summed E-state index contributed by atoms with van der Waals surface area (Å²) in [5, 5.41) is 0.